The van der Waals surface area contributed by atoms with Crippen molar-refractivity contribution in [2.75, 3.05) is 13.7 Å². The number of allylic oxidation sites excluding steroid dienone is 2. The number of ether oxygens (including phenoxy) is 1. The maximum Gasteiger partial charge on any atom is 0.219 e. The van der Waals surface area contributed by atoms with E-state index in [0.29, 0.717) is 12.6 Å². The molecule has 1 unspecified atom stereocenters. The Morgan fingerprint density at radius 3 is 2.24 bits per heavy atom. The van der Waals surface area contributed by atoms with Crippen LogP contribution in [0.1, 0.15) is 13.3 Å². The molecule has 0 N–H and O–H groups in total. The molecule has 0 fully saturated rings. The van der Waals surface area contributed by atoms with Crippen molar-refractivity contribution in [1.82, 2.24) is 4.90 Å². The van der Waals surface area contributed by atoms with Crippen molar-refractivity contribution in [1.29, 1.82) is 0 Å². The minimum Gasteiger partial charge on any atom is -0.475 e. The Morgan fingerprint density at radius 2 is 1.66 bits per heavy atom. The maximum atomic E-state index is 6.11. The summed E-state index contributed by atoms with van der Waals surface area (Å²) in [5.41, 5.74) is 3.91. The summed E-state index contributed by atoms with van der Waals surface area (Å²) in [7, 11) is 1.51. The van der Waals surface area contributed by atoms with Crippen LogP contribution in [0.2, 0.25) is 0 Å². The lowest BCUT2D eigenvalue weighted by Gasteiger charge is -2.31. The highest BCUT2D eigenvalue weighted by atomic mass is 31.1. The first kappa shape index (κ1) is 18.4. The fourth-order valence-corrected chi connectivity index (χ4v) is 6.97. The van der Waals surface area contributed by atoms with E-state index in [-0.39, 0.29) is 6.04 Å². The molecular weight excluding hydrogens is 375 g/mol. The molecule has 2 atom stereocenters. The summed E-state index contributed by atoms with van der Waals surface area (Å²) in [5.74, 6) is 0.822. The van der Waals surface area contributed by atoms with Crippen LogP contribution in [-0.4, -0.2) is 36.5 Å². The van der Waals surface area contributed by atoms with E-state index < -0.39 is 7.92 Å². The zero-order chi connectivity index (χ0) is 19.8. The molecule has 0 bridgehead atoms. The van der Waals surface area contributed by atoms with Crippen LogP contribution in [0.15, 0.2) is 100 Å². The molecule has 4 heteroatoms. The SMILES string of the molecule is C[C@H]1COC(C2=C(P(c3ccccc3)c3ccccc3)N(C)C3CC=CC=C23)=N1. The van der Waals surface area contributed by atoms with Crippen molar-refractivity contribution < 1.29 is 4.74 Å². The minimum absolute atomic E-state index is 0.211. The van der Waals surface area contributed by atoms with E-state index in [1.54, 1.807) is 0 Å². The lowest BCUT2D eigenvalue weighted by Crippen LogP contribution is -2.29. The summed E-state index contributed by atoms with van der Waals surface area (Å²) >= 11 is 0. The Kier molecular flexibility index (Phi) is 4.85. The van der Waals surface area contributed by atoms with Gasteiger partial charge in [-0.2, -0.15) is 0 Å². The number of nitrogens with zero attached hydrogens (tertiary/aromatic N) is 2. The monoisotopic (exact) mass is 400 g/mol. The number of fused-ring (bicyclic) bond motifs is 1. The molecule has 0 amide bonds. The van der Waals surface area contributed by atoms with Crippen molar-refractivity contribution >= 4 is 24.4 Å². The average Bonchev–Trinajstić information content (AvgIpc) is 3.32. The van der Waals surface area contributed by atoms with E-state index in [4.69, 9.17) is 9.73 Å². The number of benzene rings is 2. The first-order valence-electron chi connectivity index (χ1n) is 10.2. The standard InChI is InChI=1S/C25H25N2OP/c1-18-17-28-24(26-18)23-21-15-9-10-16-22(21)27(2)25(23)29(19-11-5-3-6-12-19)20-13-7-4-8-14-20/h3-15,18,22H,16-17H2,1-2H3/t18-,22?/m0/s1. The average molecular weight is 400 g/mol. The van der Waals surface area contributed by atoms with Crippen LogP contribution in [0.5, 0.6) is 0 Å². The van der Waals surface area contributed by atoms with Crippen LogP contribution >= 0.6 is 7.92 Å². The van der Waals surface area contributed by atoms with Gasteiger partial charge in [0.15, 0.2) is 0 Å². The van der Waals surface area contributed by atoms with Crippen LogP contribution in [0.3, 0.4) is 0 Å². The van der Waals surface area contributed by atoms with Crippen molar-refractivity contribution in [3.05, 3.63) is 95.5 Å². The van der Waals surface area contributed by atoms with Gasteiger partial charge in [-0.05, 0) is 29.5 Å². The molecule has 2 heterocycles. The molecule has 5 rings (SSSR count). The van der Waals surface area contributed by atoms with E-state index in [0.717, 1.165) is 12.3 Å². The summed E-state index contributed by atoms with van der Waals surface area (Å²) in [6.45, 7) is 2.79. The van der Waals surface area contributed by atoms with Crippen molar-refractivity contribution in [2.24, 2.45) is 4.99 Å². The van der Waals surface area contributed by atoms with Crippen molar-refractivity contribution in [3.63, 3.8) is 0 Å². The molecule has 2 aliphatic heterocycles. The molecule has 1 aliphatic carbocycles. The van der Waals surface area contributed by atoms with Gasteiger partial charge in [0, 0.05) is 15.0 Å². The van der Waals surface area contributed by atoms with Gasteiger partial charge in [-0.1, -0.05) is 78.9 Å². The van der Waals surface area contributed by atoms with Gasteiger partial charge in [0.2, 0.25) is 5.90 Å². The molecule has 2 aromatic carbocycles. The topological polar surface area (TPSA) is 24.8 Å². The molecule has 0 spiro atoms. The van der Waals surface area contributed by atoms with Gasteiger partial charge in [-0.25, -0.2) is 4.99 Å². The number of hydrogen-bond acceptors (Lipinski definition) is 3. The largest absolute Gasteiger partial charge is 0.475 e. The Labute approximate surface area is 173 Å². The predicted octanol–water partition coefficient (Wildman–Crippen LogP) is 4.35. The third-order valence-electron chi connectivity index (χ3n) is 5.70. The second-order valence-electron chi connectivity index (χ2n) is 7.71. The zero-order valence-corrected chi connectivity index (χ0v) is 17.7. The molecule has 3 aliphatic rings. The fourth-order valence-electron chi connectivity index (χ4n) is 4.33. The van der Waals surface area contributed by atoms with E-state index in [9.17, 15) is 0 Å². The molecule has 0 radical (unpaired) electrons. The number of likely N-dealkylation sites (N-methyl/N-ethyl adjacent to an activating group) is 1. The summed E-state index contributed by atoms with van der Waals surface area (Å²) in [5, 5.41) is 2.71. The number of aliphatic imine (C=N–C) groups is 1. The summed E-state index contributed by atoms with van der Waals surface area (Å²) in [6.07, 6.45) is 7.71. The Morgan fingerprint density at radius 1 is 1.00 bits per heavy atom. The lowest BCUT2D eigenvalue weighted by molar-refractivity contribution is 0.323. The third-order valence-corrected chi connectivity index (χ3v) is 8.29. The Hall–Kier alpha value is -2.64. The molecule has 0 saturated heterocycles. The first-order valence-corrected chi connectivity index (χ1v) is 11.5. The van der Waals surface area contributed by atoms with Gasteiger partial charge >= 0.3 is 0 Å². The minimum atomic E-state index is -0.722. The summed E-state index contributed by atoms with van der Waals surface area (Å²) < 4.78 is 6.11. The molecular formula is C25H25N2OP. The molecule has 0 aromatic heterocycles. The predicted molar refractivity (Wildman–Crippen MR) is 122 cm³/mol. The molecule has 2 aromatic rings. The quantitative estimate of drug-likeness (QED) is 0.713. The molecule has 0 saturated carbocycles. The smallest absolute Gasteiger partial charge is 0.219 e. The molecule has 29 heavy (non-hydrogen) atoms. The van der Waals surface area contributed by atoms with Crippen molar-refractivity contribution in [3.8, 4) is 0 Å². The van der Waals surface area contributed by atoms with Crippen molar-refractivity contribution in [2.45, 2.75) is 25.4 Å². The normalized spacial score (nSPS) is 23.2. The fraction of sp³-hybridized carbons (Fsp3) is 0.240. The highest BCUT2D eigenvalue weighted by molar-refractivity contribution is 7.76. The Balaban J connectivity index is 1.76. The van der Waals surface area contributed by atoms with E-state index in [2.05, 4.69) is 97.8 Å². The number of hydrogen-bond donors (Lipinski definition) is 0. The highest BCUT2D eigenvalue weighted by Gasteiger charge is 2.42. The van der Waals surface area contributed by atoms with Gasteiger partial charge < -0.3 is 9.64 Å². The van der Waals surface area contributed by atoms with Gasteiger partial charge in [-0.3, -0.25) is 0 Å². The third kappa shape index (κ3) is 3.24. The first-order chi connectivity index (χ1) is 14.2. The second-order valence-corrected chi connectivity index (χ2v) is 9.84. The summed E-state index contributed by atoms with van der Waals surface area (Å²) in [6, 6.07) is 22.3. The summed E-state index contributed by atoms with van der Waals surface area (Å²) in [4.78, 5) is 7.35. The van der Waals surface area contributed by atoms with E-state index in [1.165, 1.54) is 27.2 Å². The van der Waals surface area contributed by atoms with Crippen LogP contribution in [-0.2, 0) is 4.74 Å². The van der Waals surface area contributed by atoms with Crippen LogP contribution < -0.4 is 10.6 Å². The van der Waals surface area contributed by atoms with E-state index in [1.807, 2.05) is 0 Å². The van der Waals surface area contributed by atoms with Crippen LogP contribution in [0, 0.1) is 0 Å². The molecule has 3 nitrogen and oxygen atoms in total. The lowest BCUT2D eigenvalue weighted by atomic mass is 9.95. The van der Waals surface area contributed by atoms with Gasteiger partial charge in [0.25, 0.3) is 0 Å². The van der Waals surface area contributed by atoms with E-state index >= 15 is 0 Å². The zero-order valence-electron chi connectivity index (χ0n) is 16.8. The second kappa shape index (κ2) is 7.65. The maximum absolute atomic E-state index is 6.11. The highest BCUT2D eigenvalue weighted by Crippen LogP contribution is 2.53. The molecule has 146 valence electrons. The van der Waals surface area contributed by atoms with Crippen LogP contribution in [0.4, 0.5) is 0 Å². The van der Waals surface area contributed by atoms with Crippen LogP contribution in [0.25, 0.3) is 0 Å². The van der Waals surface area contributed by atoms with Gasteiger partial charge in [0.1, 0.15) is 6.61 Å². The van der Waals surface area contributed by atoms with Gasteiger partial charge in [-0.15, -0.1) is 0 Å². The van der Waals surface area contributed by atoms with Gasteiger partial charge in [0.05, 0.1) is 23.1 Å². The Bertz CT molecular complexity index is 984. The number of rotatable bonds is 4.